The van der Waals surface area contributed by atoms with Crippen LogP contribution >= 0.6 is 11.6 Å². The van der Waals surface area contributed by atoms with Crippen molar-refractivity contribution in [3.63, 3.8) is 0 Å². The molecular weight excluding hydrogens is 356 g/mol. The summed E-state index contributed by atoms with van der Waals surface area (Å²) in [7, 11) is 1.83. The minimum atomic E-state index is -0.885. The largest absolute Gasteiger partial charge is 0.465 e. The summed E-state index contributed by atoms with van der Waals surface area (Å²) in [6, 6.07) is 4.18. The van der Waals surface area contributed by atoms with Gasteiger partial charge in [0.25, 0.3) is 0 Å². The standard InChI is InChI=1S/C17H21ClN6O2/c1-3-12-13(10-19)15(18)21-16(14(12)11-20)22(2)4-5-23-6-8-24(9-7-23)17(25)26/h3-9H2,1-2H3,(H,25,26). The molecule has 1 amide bonds. The second-order valence-corrected chi connectivity index (χ2v) is 6.42. The van der Waals surface area contributed by atoms with Gasteiger partial charge in [-0.15, -0.1) is 0 Å². The summed E-state index contributed by atoms with van der Waals surface area (Å²) in [6.07, 6.45) is -0.365. The average Bonchev–Trinajstić information content (AvgIpc) is 2.65. The summed E-state index contributed by atoms with van der Waals surface area (Å²) in [6.45, 7) is 5.53. The van der Waals surface area contributed by atoms with E-state index in [1.807, 2.05) is 24.9 Å². The number of piperazine rings is 1. The summed E-state index contributed by atoms with van der Waals surface area (Å²) >= 11 is 6.14. The third-order valence-corrected chi connectivity index (χ3v) is 4.84. The van der Waals surface area contributed by atoms with Crippen molar-refractivity contribution in [2.24, 2.45) is 0 Å². The minimum Gasteiger partial charge on any atom is -0.465 e. The summed E-state index contributed by atoms with van der Waals surface area (Å²) < 4.78 is 0. The first-order valence-corrected chi connectivity index (χ1v) is 8.74. The monoisotopic (exact) mass is 376 g/mol. The van der Waals surface area contributed by atoms with Crippen molar-refractivity contribution in [1.29, 1.82) is 10.5 Å². The Hall–Kier alpha value is -2.55. The van der Waals surface area contributed by atoms with E-state index in [-0.39, 0.29) is 10.7 Å². The lowest BCUT2D eigenvalue weighted by atomic mass is 10.0. The molecule has 1 aromatic heterocycles. The SMILES string of the molecule is CCc1c(C#N)c(Cl)nc(N(C)CCN2CCN(C(=O)O)CC2)c1C#N. The Morgan fingerprint density at radius 1 is 1.27 bits per heavy atom. The number of nitrogens with zero attached hydrogens (tertiary/aromatic N) is 6. The normalized spacial score (nSPS) is 14.6. The van der Waals surface area contributed by atoms with E-state index in [0.717, 1.165) is 6.54 Å². The molecule has 1 fully saturated rings. The molecule has 0 radical (unpaired) electrons. The molecule has 8 nitrogen and oxygen atoms in total. The van der Waals surface area contributed by atoms with Crippen LogP contribution in [0, 0.1) is 22.7 Å². The fourth-order valence-corrected chi connectivity index (χ4v) is 3.25. The lowest BCUT2D eigenvalue weighted by Crippen LogP contribution is -2.49. The second kappa shape index (κ2) is 8.70. The molecule has 0 aromatic carbocycles. The van der Waals surface area contributed by atoms with Crippen molar-refractivity contribution in [2.45, 2.75) is 13.3 Å². The van der Waals surface area contributed by atoms with Crippen molar-refractivity contribution in [2.75, 3.05) is 51.2 Å². The minimum absolute atomic E-state index is 0.111. The molecule has 1 aromatic rings. The van der Waals surface area contributed by atoms with Gasteiger partial charge in [0.1, 0.15) is 23.1 Å². The van der Waals surface area contributed by atoms with Gasteiger partial charge < -0.3 is 14.9 Å². The fraction of sp³-hybridized carbons (Fsp3) is 0.529. The molecule has 1 N–H and O–H groups in total. The van der Waals surface area contributed by atoms with Crippen LogP contribution in [0.3, 0.4) is 0 Å². The third-order valence-electron chi connectivity index (χ3n) is 4.57. The number of amides is 1. The molecule has 2 rings (SSSR count). The molecule has 0 unspecified atom stereocenters. The molecule has 1 aliphatic heterocycles. The van der Waals surface area contributed by atoms with Gasteiger partial charge in [0.2, 0.25) is 0 Å². The Morgan fingerprint density at radius 3 is 2.38 bits per heavy atom. The molecule has 0 spiro atoms. The summed E-state index contributed by atoms with van der Waals surface area (Å²) in [5, 5.41) is 27.9. The molecule has 138 valence electrons. The zero-order valence-electron chi connectivity index (χ0n) is 14.9. The Bertz CT molecular complexity index is 762. The van der Waals surface area contributed by atoms with Crippen LogP contribution in [-0.4, -0.2) is 72.3 Å². The van der Waals surface area contributed by atoms with Crippen LogP contribution in [0.4, 0.5) is 10.6 Å². The van der Waals surface area contributed by atoms with Crippen LogP contribution in [0.5, 0.6) is 0 Å². The van der Waals surface area contributed by atoms with Gasteiger partial charge in [0.15, 0.2) is 0 Å². The highest BCUT2D eigenvalue weighted by molar-refractivity contribution is 6.30. The van der Waals surface area contributed by atoms with Gasteiger partial charge in [0, 0.05) is 46.3 Å². The van der Waals surface area contributed by atoms with Gasteiger partial charge >= 0.3 is 6.09 Å². The highest BCUT2D eigenvalue weighted by Gasteiger charge is 2.22. The van der Waals surface area contributed by atoms with Gasteiger partial charge in [-0.05, 0) is 12.0 Å². The summed E-state index contributed by atoms with van der Waals surface area (Å²) in [5.74, 6) is 0.470. The zero-order valence-corrected chi connectivity index (χ0v) is 15.6. The topological polar surface area (TPSA) is 107 Å². The van der Waals surface area contributed by atoms with Gasteiger partial charge in [-0.2, -0.15) is 10.5 Å². The van der Waals surface area contributed by atoms with E-state index in [1.165, 1.54) is 4.90 Å². The zero-order chi connectivity index (χ0) is 19.3. The van der Waals surface area contributed by atoms with Crippen LogP contribution in [0.25, 0.3) is 0 Å². The average molecular weight is 377 g/mol. The van der Waals surface area contributed by atoms with Gasteiger partial charge in [-0.1, -0.05) is 18.5 Å². The third kappa shape index (κ3) is 4.16. The molecular formula is C17H21ClN6O2. The molecule has 9 heteroatoms. The number of carbonyl (C=O) groups is 1. The van der Waals surface area contributed by atoms with Gasteiger partial charge in [-0.3, -0.25) is 4.90 Å². The highest BCUT2D eigenvalue weighted by Crippen LogP contribution is 2.28. The Balaban J connectivity index is 2.10. The summed E-state index contributed by atoms with van der Waals surface area (Å²) in [5.41, 5.74) is 1.26. The Kier molecular flexibility index (Phi) is 6.62. The first kappa shape index (κ1) is 19.8. The van der Waals surface area contributed by atoms with Crippen LogP contribution in [0.1, 0.15) is 23.6 Å². The molecule has 0 bridgehead atoms. The van der Waals surface area contributed by atoms with E-state index in [4.69, 9.17) is 16.7 Å². The van der Waals surface area contributed by atoms with E-state index < -0.39 is 6.09 Å². The quantitative estimate of drug-likeness (QED) is 0.780. The molecule has 0 aliphatic carbocycles. The lowest BCUT2D eigenvalue weighted by molar-refractivity contribution is 0.107. The van der Waals surface area contributed by atoms with Gasteiger partial charge in [-0.25, -0.2) is 9.78 Å². The number of pyridine rings is 1. The number of hydrogen-bond acceptors (Lipinski definition) is 6. The van der Waals surface area contributed by atoms with Crippen LogP contribution in [0.15, 0.2) is 0 Å². The fourth-order valence-electron chi connectivity index (χ4n) is 3.01. The first-order chi connectivity index (χ1) is 12.4. The number of halogens is 1. The molecule has 0 atom stereocenters. The number of likely N-dealkylation sites (N-methyl/N-ethyl adjacent to an activating group) is 1. The van der Waals surface area contributed by atoms with Crippen LogP contribution < -0.4 is 4.90 Å². The number of nitriles is 2. The van der Waals surface area contributed by atoms with Crippen LogP contribution in [0.2, 0.25) is 5.15 Å². The summed E-state index contributed by atoms with van der Waals surface area (Å²) in [4.78, 5) is 20.7. The highest BCUT2D eigenvalue weighted by atomic mass is 35.5. The lowest BCUT2D eigenvalue weighted by Gasteiger charge is -2.34. The van der Waals surface area contributed by atoms with E-state index in [0.29, 0.717) is 56.1 Å². The van der Waals surface area contributed by atoms with Crippen molar-refractivity contribution >= 4 is 23.5 Å². The molecule has 2 heterocycles. The van der Waals surface area contributed by atoms with Gasteiger partial charge in [0.05, 0.1) is 11.1 Å². The van der Waals surface area contributed by atoms with Crippen molar-refractivity contribution in [3.05, 3.63) is 21.8 Å². The number of anilines is 1. The maximum Gasteiger partial charge on any atom is 0.407 e. The first-order valence-electron chi connectivity index (χ1n) is 8.36. The van der Waals surface area contributed by atoms with Crippen molar-refractivity contribution in [3.8, 4) is 12.1 Å². The maximum atomic E-state index is 11.0. The van der Waals surface area contributed by atoms with E-state index in [1.54, 1.807) is 0 Å². The molecule has 1 saturated heterocycles. The second-order valence-electron chi connectivity index (χ2n) is 6.06. The smallest absolute Gasteiger partial charge is 0.407 e. The molecule has 26 heavy (non-hydrogen) atoms. The van der Waals surface area contributed by atoms with Crippen molar-refractivity contribution < 1.29 is 9.90 Å². The molecule has 1 aliphatic rings. The Labute approximate surface area is 157 Å². The Morgan fingerprint density at radius 2 is 1.88 bits per heavy atom. The molecule has 0 saturated carbocycles. The number of rotatable bonds is 5. The predicted molar refractivity (Wildman–Crippen MR) is 97.4 cm³/mol. The van der Waals surface area contributed by atoms with E-state index in [2.05, 4.69) is 16.0 Å². The number of carboxylic acid groups (broad SMARTS) is 1. The number of aromatic nitrogens is 1. The van der Waals surface area contributed by atoms with Crippen LogP contribution in [-0.2, 0) is 6.42 Å². The van der Waals surface area contributed by atoms with Crippen molar-refractivity contribution in [1.82, 2.24) is 14.8 Å². The predicted octanol–water partition coefficient (Wildman–Crippen LogP) is 1.77. The maximum absolute atomic E-state index is 11.0. The van der Waals surface area contributed by atoms with E-state index in [9.17, 15) is 15.3 Å². The number of hydrogen-bond donors (Lipinski definition) is 1. The van der Waals surface area contributed by atoms with E-state index >= 15 is 0 Å².